The summed E-state index contributed by atoms with van der Waals surface area (Å²) in [6.07, 6.45) is 4.00. The Balaban J connectivity index is 1.59. The number of aromatic nitrogens is 4. The maximum absolute atomic E-state index is 11.6. The fraction of sp³-hybridized carbons (Fsp3) is 0.190. The van der Waals surface area contributed by atoms with Crippen LogP contribution in [0.2, 0.25) is 0 Å². The molecule has 1 saturated carbocycles. The molecule has 0 bridgehead atoms. The summed E-state index contributed by atoms with van der Waals surface area (Å²) in [7, 11) is -3.79. The number of rotatable bonds is 5. The molecule has 2 aromatic carbocycles. The zero-order valence-corrected chi connectivity index (χ0v) is 17.1. The molecule has 1 aliphatic rings. The fourth-order valence-corrected chi connectivity index (χ4v) is 4.04. The second-order valence-electron chi connectivity index (χ2n) is 7.47. The number of primary sulfonamides is 1. The zero-order valence-electron chi connectivity index (χ0n) is 16.3. The van der Waals surface area contributed by atoms with Crippen LogP contribution in [0.1, 0.15) is 30.1 Å². The van der Waals surface area contributed by atoms with Crippen LogP contribution in [-0.4, -0.2) is 27.9 Å². The second kappa shape index (κ2) is 6.89. The highest BCUT2D eigenvalue weighted by molar-refractivity contribution is 7.89. The monoisotopic (exact) mass is 420 g/mol. The lowest BCUT2D eigenvalue weighted by Gasteiger charge is -2.13. The normalized spacial score (nSPS) is 14.2. The van der Waals surface area contributed by atoms with Gasteiger partial charge < -0.3 is 5.32 Å². The van der Waals surface area contributed by atoms with E-state index in [1.165, 1.54) is 12.1 Å². The molecule has 0 radical (unpaired) electrons. The van der Waals surface area contributed by atoms with Crippen LogP contribution in [0.4, 0.5) is 11.6 Å². The quantitative estimate of drug-likeness (QED) is 0.511. The van der Waals surface area contributed by atoms with E-state index in [0.717, 1.165) is 41.1 Å². The highest BCUT2D eigenvalue weighted by Gasteiger charge is 2.31. The van der Waals surface area contributed by atoms with Gasteiger partial charge in [-0.1, -0.05) is 18.2 Å². The Kier molecular flexibility index (Phi) is 4.30. The van der Waals surface area contributed by atoms with Crippen molar-refractivity contribution in [1.82, 2.24) is 19.5 Å². The minimum atomic E-state index is -3.79. The highest BCUT2D eigenvalue weighted by atomic mass is 32.2. The third-order valence-corrected chi connectivity index (χ3v) is 6.02. The van der Waals surface area contributed by atoms with Crippen molar-refractivity contribution in [3.05, 3.63) is 66.1 Å². The van der Waals surface area contributed by atoms with Crippen molar-refractivity contribution in [2.24, 2.45) is 5.14 Å². The maximum atomic E-state index is 11.6. The third kappa shape index (κ3) is 3.42. The molecule has 2 heterocycles. The number of nitrogens with zero attached hydrogens (tertiary/aromatic N) is 4. The summed E-state index contributed by atoms with van der Waals surface area (Å²) in [4.78, 5) is 14.0. The van der Waals surface area contributed by atoms with Crippen LogP contribution in [0.15, 0.2) is 59.6 Å². The van der Waals surface area contributed by atoms with E-state index in [1.807, 2.05) is 31.2 Å². The largest absolute Gasteiger partial charge is 0.324 e. The Hall–Kier alpha value is -3.30. The average Bonchev–Trinajstić information content (AvgIpc) is 3.49. The average molecular weight is 420 g/mol. The first-order valence-corrected chi connectivity index (χ1v) is 11.2. The number of sulfonamides is 1. The highest BCUT2D eigenvalue weighted by Crippen LogP contribution is 2.42. The first-order chi connectivity index (χ1) is 14.4. The van der Waals surface area contributed by atoms with Gasteiger partial charge in [0.15, 0.2) is 0 Å². The molecule has 1 fully saturated rings. The van der Waals surface area contributed by atoms with E-state index >= 15 is 0 Å². The first-order valence-electron chi connectivity index (χ1n) is 9.61. The summed E-state index contributed by atoms with van der Waals surface area (Å²) in [6, 6.07) is 14.3. The number of nitrogens with one attached hydrogen (secondary N) is 1. The molecule has 152 valence electrons. The maximum Gasteiger partial charge on any atom is 0.238 e. The van der Waals surface area contributed by atoms with E-state index in [0.29, 0.717) is 17.6 Å². The van der Waals surface area contributed by atoms with E-state index < -0.39 is 10.0 Å². The van der Waals surface area contributed by atoms with Gasteiger partial charge >= 0.3 is 0 Å². The van der Waals surface area contributed by atoms with Gasteiger partial charge in [0.05, 0.1) is 15.9 Å². The molecule has 30 heavy (non-hydrogen) atoms. The SMILES string of the molecule is Cc1cnc(Nc2cccc(S(N)(=O)=O)c2)nc1-n1c(C2CC2)nc2ccccc21. The Morgan fingerprint density at radius 3 is 2.67 bits per heavy atom. The molecule has 4 aromatic rings. The van der Waals surface area contributed by atoms with Crippen molar-refractivity contribution in [2.45, 2.75) is 30.6 Å². The van der Waals surface area contributed by atoms with E-state index in [9.17, 15) is 8.42 Å². The van der Waals surface area contributed by atoms with Crippen molar-refractivity contribution >= 4 is 32.7 Å². The van der Waals surface area contributed by atoms with Gasteiger partial charge in [0.1, 0.15) is 11.6 Å². The molecular weight excluding hydrogens is 400 g/mol. The molecule has 0 unspecified atom stereocenters. The smallest absolute Gasteiger partial charge is 0.238 e. The molecule has 5 rings (SSSR count). The summed E-state index contributed by atoms with van der Waals surface area (Å²) in [5, 5.41) is 8.32. The first kappa shape index (κ1) is 18.7. The Morgan fingerprint density at radius 2 is 1.90 bits per heavy atom. The summed E-state index contributed by atoms with van der Waals surface area (Å²) >= 11 is 0. The number of para-hydroxylation sites is 2. The molecule has 0 spiro atoms. The number of hydrogen-bond acceptors (Lipinski definition) is 6. The molecule has 0 saturated heterocycles. The van der Waals surface area contributed by atoms with Crippen LogP contribution < -0.4 is 10.5 Å². The number of fused-ring (bicyclic) bond motifs is 1. The van der Waals surface area contributed by atoms with Gasteiger partial charge in [-0.2, -0.15) is 4.98 Å². The second-order valence-corrected chi connectivity index (χ2v) is 9.03. The lowest BCUT2D eigenvalue weighted by molar-refractivity contribution is 0.598. The summed E-state index contributed by atoms with van der Waals surface area (Å²) < 4.78 is 25.4. The Labute approximate surface area is 173 Å². The standard InChI is InChI=1S/C21H20N6O2S/c1-13-12-23-21(24-15-5-4-6-16(11-15)30(22,28)29)26-19(13)27-18-8-3-2-7-17(18)25-20(27)14-9-10-14/h2-8,11-12,14H,9-10H2,1H3,(H2,22,28,29)(H,23,24,26). The predicted molar refractivity (Wildman–Crippen MR) is 114 cm³/mol. The van der Waals surface area contributed by atoms with Gasteiger partial charge in [0.25, 0.3) is 0 Å². The van der Waals surface area contributed by atoms with Crippen molar-refractivity contribution in [2.75, 3.05) is 5.32 Å². The molecule has 2 aromatic heterocycles. The molecule has 8 nitrogen and oxygen atoms in total. The van der Waals surface area contributed by atoms with Crippen LogP contribution in [0.5, 0.6) is 0 Å². The van der Waals surface area contributed by atoms with Gasteiger partial charge in [-0.25, -0.2) is 23.5 Å². The molecule has 9 heteroatoms. The number of imidazole rings is 1. The molecule has 3 N–H and O–H groups in total. The Morgan fingerprint density at radius 1 is 1.10 bits per heavy atom. The van der Waals surface area contributed by atoms with Gasteiger partial charge in [0, 0.05) is 23.4 Å². The molecule has 1 aliphatic carbocycles. The van der Waals surface area contributed by atoms with E-state index in [-0.39, 0.29) is 4.90 Å². The zero-order chi connectivity index (χ0) is 20.9. The minimum absolute atomic E-state index is 0.0245. The van der Waals surface area contributed by atoms with Crippen molar-refractivity contribution in [3.8, 4) is 5.82 Å². The van der Waals surface area contributed by atoms with Crippen molar-refractivity contribution in [3.63, 3.8) is 0 Å². The van der Waals surface area contributed by atoms with E-state index in [2.05, 4.69) is 14.9 Å². The van der Waals surface area contributed by atoms with E-state index in [4.69, 9.17) is 15.1 Å². The number of hydrogen-bond donors (Lipinski definition) is 2. The third-order valence-electron chi connectivity index (χ3n) is 5.10. The number of benzene rings is 2. The lowest BCUT2D eigenvalue weighted by atomic mass is 10.3. The number of nitrogens with two attached hydrogens (primary N) is 1. The van der Waals surface area contributed by atoms with Gasteiger partial charge in [-0.15, -0.1) is 0 Å². The molecular formula is C21H20N6O2S. The van der Waals surface area contributed by atoms with E-state index in [1.54, 1.807) is 18.3 Å². The van der Waals surface area contributed by atoms with Crippen molar-refractivity contribution < 1.29 is 8.42 Å². The topological polar surface area (TPSA) is 116 Å². The lowest BCUT2D eigenvalue weighted by Crippen LogP contribution is -2.12. The van der Waals surface area contributed by atoms with Crippen LogP contribution in [0, 0.1) is 6.92 Å². The Bertz CT molecular complexity index is 1380. The van der Waals surface area contributed by atoms with Crippen LogP contribution in [-0.2, 0) is 10.0 Å². The van der Waals surface area contributed by atoms with Crippen LogP contribution >= 0.6 is 0 Å². The van der Waals surface area contributed by atoms with Gasteiger partial charge in [-0.05, 0) is 50.1 Å². The van der Waals surface area contributed by atoms with Crippen molar-refractivity contribution in [1.29, 1.82) is 0 Å². The molecule has 0 aliphatic heterocycles. The molecule has 0 amide bonds. The number of aryl methyl sites for hydroxylation is 1. The van der Waals surface area contributed by atoms with Gasteiger partial charge in [-0.3, -0.25) is 4.57 Å². The predicted octanol–water partition coefficient (Wildman–Crippen LogP) is 3.39. The fourth-order valence-electron chi connectivity index (χ4n) is 3.48. The summed E-state index contributed by atoms with van der Waals surface area (Å²) in [6.45, 7) is 1.96. The molecule has 0 atom stereocenters. The van der Waals surface area contributed by atoms with Crippen LogP contribution in [0.3, 0.4) is 0 Å². The van der Waals surface area contributed by atoms with Gasteiger partial charge in [0.2, 0.25) is 16.0 Å². The summed E-state index contributed by atoms with van der Waals surface area (Å²) in [5.41, 5.74) is 3.40. The minimum Gasteiger partial charge on any atom is -0.324 e. The summed E-state index contributed by atoms with van der Waals surface area (Å²) in [5.74, 6) is 2.57. The van der Waals surface area contributed by atoms with Crippen LogP contribution in [0.25, 0.3) is 16.9 Å². The number of anilines is 2.